The SMILES string of the molecule is COc1ccc(/C(O)=C2\C(=O)C(=O)N(CCN(C)C)[C@H]2c2ccco2)cc1OC. The van der Waals surface area contributed by atoms with E-state index in [1.807, 2.05) is 19.0 Å². The van der Waals surface area contributed by atoms with Crippen LogP contribution in [0.15, 0.2) is 46.6 Å². The molecule has 1 aromatic heterocycles. The molecule has 0 spiro atoms. The average Bonchev–Trinajstić information content (AvgIpc) is 3.32. The molecule has 1 fully saturated rings. The number of benzene rings is 1. The molecule has 1 amide bonds. The van der Waals surface area contributed by atoms with Gasteiger partial charge in [0.1, 0.15) is 17.6 Å². The molecule has 2 heterocycles. The minimum Gasteiger partial charge on any atom is -0.507 e. The van der Waals surface area contributed by atoms with Gasteiger partial charge in [-0.2, -0.15) is 0 Å². The standard InChI is InChI=1S/C21H24N2O6/c1-22(2)9-10-23-18(15-6-5-11-29-15)17(20(25)21(23)26)19(24)13-7-8-14(27-3)16(12-13)28-4/h5-8,11-12,18,24H,9-10H2,1-4H3/b19-17+/t18-/m0/s1. The highest BCUT2D eigenvalue weighted by Crippen LogP contribution is 2.40. The van der Waals surface area contributed by atoms with Crippen molar-refractivity contribution in [2.24, 2.45) is 0 Å². The second-order valence-electron chi connectivity index (χ2n) is 6.88. The first-order valence-electron chi connectivity index (χ1n) is 9.08. The summed E-state index contributed by atoms with van der Waals surface area (Å²) < 4.78 is 16.0. The van der Waals surface area contributed by atoms with Crippen molar-refractivity contribution in [1.29, 1.82) is 0 Å². The van der Waals surface area contributed by atoms with Crippen molar-refractivity contribution in [2.45, 2.75) is 6.04 Å². The van der Waals surface area contributed by atoms with E-state index >= 15 is 0 Å². The minimum atomic E-state index is -0.807. The number of carbonyl (C=O) groups is 2. The third-order valence-electron chi connectivity index (χ3n) is 4.80. The molecule has 0 unspecified atom stereocenters. The predicted octanol–water partition coefficient (Wildman–Crippen LogP) is 2.28. The van der Waals surface area contributed by atoms with Gasteiger partial charge in [-0.25, -0.2) is 0 Å². The third-order valence-corrected chi connectivity index (χ3v) is 4.80. The zero-order valence-electron chi connectivity index (χ0n) is 16.8. The maximum atomic E-state index is 12.8. The molecule has 1 aliphatic rings. The van der Waals surface area contributed by atoms with Gasteiger partial charge in [-0.1, -0.05) is 0 Å². The zero-order chi connectivity index (χ0) is 21.1. The molecule has 1 saturated heterocycles. The number of aliphatic hydroxyl groups is 1. The van der Waals surface area contributed by atoms with Crippen LogP contribution in [0.4, 0.5) is 0 Å². The van der Waals surface area contributed by atoms with Crippen LogP contribution in [0.25, 0.3) is 5.76 Å². The smallest absolute Gasteiger partial charge is 0.295 e. The van der Waals surface area contributed by atoms with Crippen molar-refractivity contribution in [3.8, 4) is 11.5 Å². The summed E-state index contributed by atoms with van der Waals surface area (Å²) in [7, 11) is 6.74. The number of aliphatic hydroxyl groups excluding tert-OH is 1. The van der Waals surface area contributed by atoms with Gasteiger partial charge in [0, 0.05) is 18.7 Å². The van der Waals surface area contributed by atoms with Crippen molar-refractivity contribution in [1.82, 2.24) is 9.80 Å². The maximum Gasteiger partial charge on any atom is 0.295 e. The Hall–Kier alpha value is -3.26. The first kappa shape index (κ1) is 20.5. The van der Waals surface area contributed by atoms with Gasteiger partial charge < -0.3 is 28.8 Å². The topological polar surface area (TPSA) is 92.5 Å². The first-order valence-corrected chi connectivity index (χ1v) is 9.08. The number of amides is 1. The lowest BCUT2D eigenvalue weighted by Crippen LogP contribution is -2.35. The Morgan fingerprint density at radius 2 is 1.90 bits per heavy atom. The van der Waals surface area contributed by atoms with Crippen LogP contribution >= 0.6 is 0 Å². The molecule has 0 aliphatic carbocycles. The van der Waals surface area contributed by atoms with Gasteiger partial charge in [-0.3, -0.25) is 9.59 Å². The Labute approximate surface area is 168 Å². The fourth-order valence-corrected chi connectivity index (χ4v) is 3.30. The first-order chi connectivity index (χ1) is 13.9. The van der Waals surface area contributed by atoms with E-state index in [9.17, 15) is 14.7 Å². The largest absolute Gasteiger partial charge is 0.507 e. The lowest BCUT2D eigenvalue weighted by molar-refractivity contribution is -0.140. The molecule has 8 heteroatoms. The summed E-state index contributed by atoms with van der Waals surface area (Å²) in [6, 6.07) is 7.33. The highest BCUT2D eigenvalue weighted by molar-refractivity contribution is 6.46. The number of hydrogen-bond acceptors (Lipinski definition) is 7. The van der Waals surface area contributed by atoms with Crippen LogP contribution in [0.3, 0.4) is 0 Å². The van der Waals surface area contributed by atoms with Gasteiger partial charge in [0.2, 0.25) is 0 Å². The molecule has 0 saturated carbocycles. The number of rotatable bonds is 7. The monoisotopic (exact) mass is 400 g/mol. The van der Waals surface area contributed by atoms with Gasteiger partial charge in [0.05, 0.1) is 26.1 Å². The van der Waals surface area contributed by atoms with Crippen molar-refractivity contribution in [3.05, 3.63) is 53.5 Å². The summed E-state index contributed by atoms with van der Waals surface area (Å²) in [6.07, 6.45) is 1.47. The van der Waals surface area contributed by atoms with Gasteiger partial charge in [-0.05, 0) is 44.4 Å². The van der Waals surface area contributed by atoms with Gasteiger partial charge >= 0.3 is 0 Å². The van der Waals surface area contributed by atoms with E-state index in [0.29, 0.717) is 35.9 Å². The number of ether oxygens (including phenoxy) is 2. The Morgan fingerprint density at radius 3 is 2.48 bits per heavy atom. The van der Waals surface area contributed by atoms with Crippen LogP contribution in [-0.4, -0.2) is 68.0 Å². The Bertz CT molecular complexity index is 933. The summed E-state index contributed by atoms with van der Waals surface area (Å²) in [4.78, 5) is 28.9. The predicted molar refractivity (Wildman–Crippen MR) is 106 cm³/mol. The molecule has 154 valence electrons. The molecule has 0 bridgehead atoms. The average molecular weight is 400 g/mol. The normalized spacial score (nSPS) is 18.5. The number of methoxy groups -OCH3 is 2. The number of ketones is 1. The summed E-state index contributed by atoms with van der Waals surface area (Å²) in [5.41, 5.74) is 0.320. The number of furan rings is 1. The van der Waals surface area contributed by atoms with Crippen molar-refractivity contribution >= 4 is 17.4 Å². The fourth-order valence-electron chi connectivity index (χ4n) is 3.30. The van der Waals surface area contributed by atoms with E-state index in [-0.39, 0.29) is 11.3 Å². The molecule has 1 N–H and O–H groups in total. The molecular weight excluding hydrogens is 376 g/mol. The van der Waals surface area contributed by atoms with Crippen molar-refractivity contribution < 1.29 is 28.6 Å². The lowest BCUT2D eigenvalue weighted by atomic mass is 9.99. The van der Waals surface area contributed by atoms with Crippen LogP contribution in [-0.2, 0) is 9.59 Å². The van der Waals surface area contributed by atoms with Crippen LogP contribution < -0.4 is 9.47 Å². The van der Waals surface area contributed by atoms with E-state index in [1.54, 1.807) is 30.3 Å². The van der Waals surface area contributed by atoms with E-state index < -0.39 is 17.7 Å². The summed E-state index contributed by atoms with van der Waals surface area (Å²) >= 11 is 0. The van der Waals surface area contributed by atoms with Crippen molar-refractivity contribution in [3.63, 3.8) is 0 Å². The maximum absolute atomic E-state index is 12.8. The van der Waals surface area contributed by atoms with Crippen LogP contribution in [0, 0.1) is 0 Å². The van der Waals surface area contributed by atoms with E-state index in [0.717, 1.165) is 0 Å². The summed E-state index contributed by atoms with van der Waals surface area (Å²) in [6.45, 7) is 0.867. The molecule has 1 aliphatic heterocycles. The van der Waals surface area contributed by atoms with Crippen LogP contribution in [0.1, 0.15) is 17.4 Å². The number of likely N-dealkylation sites (tertiary alicyclic amines) is 1. The summed E-state index contributed by atoms with van der Waals surface area (Å²) in [5, 5.41) is 11.0. The number of hydrogen-bond donors (Lipinski definition) is 1. The van der Waals surface area contributed by atoms with Gasteiger partial charge in [0.25, 0.3) is 11.7 Å². The second kappa shape index (κ2) is 8.40. The fraction of sp³-hybridized carbons (Fsp3) is 0.333. The summed E-state index contributed by atoms with van der Waals surface area (Å²) in [5.74, 6) is -0.429. The number of Topliss-reactive ketones (excluding diaryl/α,β-unsaturated/α-hetero) is 1. The van der Waals surface area contributed by atoms with Gasteiger partial charge in [-0.15, -0.1) is 0 Å². The van der Waals surface area contributed by atoms with E-state index in [1.165, 1.54) is 25.4 Å². The Balaban J connectivity index is 2.11. The molecule has 1 aromatic carbocycles. The van der Waals surface area contributed by atoms with E-state index in [2.05, 4.69) is 0 Å². The van der Waals surface area contributed by atoms with E-state index in [4.69, 9.17) is 13.9 Å². The van der Waals surface area contributed by atoms with Crippen molar-refractivity contribution in [2.75, 3.05) is 41.4 Å². The van der Waals surface area contributed by atoms with Gasteiger partial charge in [0.15, 0.2) is 11.5 Å². The lowest BCUT2D eigenvalue weighted by Gasteiger charge is -2.24. The number of likely N-dealkylation sites (N-methyl/N-ethyl adjacent to an activating group) is 1. The Morgan fingerprint density at radius 1 is 1.17 bits per heavy atom. The van der Waals surface area contributed by atoms with Crippen LogP contribution in [0.5, 0.6) is 11.5 Å². The number of nitrogens with zero attached hydrogens (tertiary/aromatic N) is 2. The third kappa shape index (κ3) is 3.84. The highest BCUT2D eigenvalue weighted by atomic mass is 16.5. The quantitative estimate of drug-likeness (QED) is 0.433. The molecule has 0 radical (unpaired) electrons. The zero-order valence-corrected chi connectivity index (χ0v) is 16.8. The molecule has 8 nitrogen and oxygen atoms in total. The molecule has 2 aromatic rings. The minimum absolute atomic E-state index is 0.0177. The highest BCUT2D eigenvalue weighted by Gasteiger charge is 2.47. The second-order valence-corrected chi connectivity index (χ2v) is 6.88. The molecular formula is C21H24N2O6. The van der Waals surface area contributed by atoms with Crippen LogP contribution in [0.2, 0.25) is 0 Å². The molecule has 29 heavy (non-hydrogen) atoms. The number of carbonyl (C=O) groups excluding carboxylic acids is 2. The Kier molecular flexibility index (Phi) is 5.93. The molecule has 1 atom stereocenters. The molecule has 3 rings (SSSR count).